The molecule has 4 heteroatoms. The highest BCUT2D eigenvalue weighted by Gasteiger charge is 2.15. The molecule has 2 N–H and O–H groups in total. The van der Waals surface area contributed by atoms with E-state index in [0.717, 1.165) is 31.2 Å². The molecule has 0 atom stereocenters. The molecule has 0 heterocycles. The number of rotatable bonds is 13. The molecule has 0 aromatic heterocycles. The van der Waals surface area contributed by atoms with Crippen LogP contribution in [0, 0.1) is 0 Å². The third-order valence-electron chi connectivity index (χ3n) is 4.39. The van der Waals surface area contributed by atoms with Gasteiger partial charge >= 0.3 is 0 Å². The number of hydrogen-bond acceptors (Lipinski definition) is 4. The van der Waals surface area contributed by atoms with Crippen molar-refractivity contribution in [3.63, 3.8) is 0 Å². The molecule has 24 heavy (non-hydrogen) atoms. The van der Waals surface area contributed by atoms with Crippen LogP contribution in [0.4, 0.5) is 0 Å². The van der Waals surface area contributed by atoms with Crippen molar-refractivity contribution >= 4 is 11.8 Å². The van der Waals surface area contributed by atoms with Gasteiger partial charge in [-0.1, -0.05) is 37.8 Å². The summed E-state index contributed by atoms with van der Waals surface area (Å²) in [5, 5.41) is 0.819. The summed E-state index contributed by atoms with van der Waals surface area (Å²) in [6.07, 6.45) is 10.2. The zero-order valence-electron chi connectivity index (χ0n) is 14.9. The number of unbranched alkanes of at least 4 members (excludes halogenated alkanes) is 3. The van der Waals surface area contributed by atoms with Gasteiger partial charge in [0.05, 0.1) is 19.8 Å². The van der Waals surface area contributed by atoms with Crippen molar-refractivity contribution in [1.82, 2.24) is 0 Å². The Kier molecular flexibility index (Phi) is 10.5. The Morgan fingerprint density at radius 2 is 1.75 bits per heavy atom. The van der Waals surface area contributed by atoms with E-state index in [-0.39, 0.29) is 0 Å². The van der Waals surface area contributed by atoms with Gasteiger partial charge in [-0.25, -0.2) is 0 Å². The van der Waals surface area contributed by atoms with E-state index < -0.39 is 0 Å². The van der Waals surface area contributed by atoms with Crippen LogP contribution in [0.2, 0.25) is 0 Å². The van der Waals surface area contributed by atoms with E-state index in [1.165, 1.54) is 49.0 Å². The van der Waals surface area contributed by atoms with Crippen molar-refractivity contribution in [2.75, 3.05) is 26.4 Å². The van der Waals surface area contributed by atoms with Crippen LogP contribution in [0.15, 0.2) is 29.2 Å². The summed E-state index contributed by atoms with van der Waals surface area (Å²) in [5.41, 5.74) is 6.74. The molecule has 136 valence electrons. The monoisotopic (exact) mass is 351 g/mol. The summed E-state index contributed by atoms with van der Waals surface area (Å²) < 4.78 is 11.3. The number of ether oxygens (including phenoxy) is 2. The second-order valence-electron chi connectivity index (χ2n) is 6.54. The van der Waals surface area contributed by atoms with E-state index in [2.05, 4.69) is 24.3 Å². The second kappa shape index (κ2) is 12.8. The molecule has 1 aliphatic rings. The van der Waals surface area contributed by atoms with E-state index >= 15 is 0 Å². The maximum atomic E-state index is 5.74. The topological polar surface area (TPSA) is 44.5 Å². The zero-order chi connectivity index (χ0) is 16.9. The first kappa shape index (κ1) is 19.8. The van der Waals surface area contributed by atoms with Crippen LogP contribution in [0.3, 0.4) is 0 Å². The van der Waals surface area contributed by atoms with Gasteiger partial charge in [0.15, 0.2) is 0 Å². The van der Waals surface area contributed by atoms with Gasteiger partial charge < -0.3 is 15.2 Å². The highest BCUT2D eigenvalue weighted by atomic mass is 32.2. The first-order valence-corrected chi connectivity index (χ1v) is 10.4. The van der Waals surface area contributed by atoms with Crippen LogP contribution in [0.25, 0.3) is 0 Å². The number of benzene rings is 1. The molecule has 1 saturated carbocycles. The van der Waals surface area contributed by atoms with E-state index in [0.29, 0.717) is 19.8 Å². The van der Waals surface area contributed by atoms with Gasteiger partial charge in [-0.15, -0.1) is 11.8 Å². The first-order chi connectivity index (χ1) is 11.9. The van der Waals surface area contributed by atoms with Gasteiger partial charge in [0, 0.05) is 16.8 Å². The highest BCUT2D eigenvalue weighted by molar-refractivity contribution is 8.00. The summed E-state index contributed by atoms with van der Waals surface area (Å²) >= 11 is 2.04. The molecule has 0 radical (unpaired) electrons. The minimum absolute atomic E-state index is 0.669. The van der Waals surface area contributed by atoms with Gasteiger partial charge in [-0.2, -0.15) is 0 Å². The Morgan fingerprint density at radius 1 is 0.958 bits per heavy atom. The Labute approximate surface area is 151 Å². The Morgan fingerprint density at radius 3 is 2.58 bits per heavy atom. The summed E-state index contributed by atoms with van der Waals surface area (Å²) in [6, 6.07) is 8.80. The van der Waals surface area contributed by atoms with Crippen molar-refractivity contribution in [3.05, 3.63) is 29.8 Å². The molecule has 0 spiro atoms. The third-order valence-corrected chi connectivity index (χ3v) is 5.72. The SMILES string of the molecule is NCCCCCCOCCOCc1cccc(SC2CCCC2)c1. The summed E-state index contributed by atoms with van der Waals surface area (Å²) in [6.45, 7) is 3.67. The molecule has 0 unspecified atom stereocenters. The summed E-state index contributed by atoms with van der Waals surface area (Å²) in [4.78, 5) is 1.39. The fourth-order valence-corrected chi connectivity index (χ4v) is 4.35. The van der Waals surface area contributed by atoms with Crippen molar-refractivity contribution in [1.29, 1.82) is 0 Å². The fraction of sp³-hybridized carbons (Fsp3) is 0.700. The first-order valence-electron chi connectivity index (χ1n) is 9.49. The lowest BCUT2D eigenvalue weighted by Gasteiger charge is -2.10. The molecule has 3 nitrogen and oxygen atoms in total. The van der Waals surface area contributed by atoms with Crippen molar-refractivity contribution in [2.45, 2.75) is 68.1 Å². The average Bonchev–Trinajstić information content (AvgIpc) is 3.10. The van der Waals surface area contributed by atoms with Crippen LogP contribution in [-0.2, 0) is 16.1 Å². The number of thioether (sulfide) groups is 1. The highest BCUT2D eigenvalue weighted by Crippen LogP contribution is 2.34. The molecule has 2 rings (SSSR count). The number of hydrogen-bond donors (Lipinski definition) is 1. The normalized spacial score (nSPS) is 15.2. The fourth-order valence-electron chi connectivity index (χ4n) is 3.02. The van der Waals surface area contributed by atoms with Crippen molar-refractivity contribution < 1.29 is 9.47 Å². The molecule has 1 fully saturated rings. The van der Waals surface area contributed by atoms with E-state index in [1.54, 1.807) is 0 Å². The second-order valence-corrected chi connectivity index (χ2v) is 7.91. The minimum Gasteiger partial charge on any atom is -0.379 e. The average molecular weight is 352 g/mol. The van der Waals surface area contributed by atoms with E-state index in [4.69, 9.17) is 15.2 Å². The van der Waals surface area contributed by atoms with E-state index in [9.17, 15) is 0 Å². The molecule has 0 aliphatic heterocycles. The van der Waals surface area contributed by atoms with Gasteiger partial charge in [0.2, 0.25) is 0 Å². The predicted molar refractivity (Wildman–Crippen MR) is 103 cm³/mol. The maximum absolute atomic E-state index is 5.74. The minimum atomic E-state index is 0.669. The Balaban J connectivity index is 1.51. The Hall–Kier alpha value is -0.550. The van der Waals surface area contributed by atoms with Crippen LogP contribution in [0.1, 0.15) is 56.9 Å². The molecular weight excluding hydrogens is 318 g/mol. The van der Waals surface area contributed by atoms with Crippen molar-refractivity contribution in [3.8, 4) is 0 Å². The van der Waals surface area contributed by atoms with Gasteiger partial charge in [-0.3, -0.25) is 0 Å². The van der Waals surface area contributed by atoms with Gasteiger partial charge in [0.1, 0.15) is 0 Å². The van der Waals surface area contributed by atoms with Crippen LogP contribution in [-0.4, -0.2) is 31.6 Å². The Bertz CT molecular complexity index is 435. The maximum Gasteiger partial charge on any atom is 0.0718 e. The van der Waals surface area contributed by atoms with Gasteiger partial charge in [0.25, 0.3) is 0 Å². The number of nitrogens with two attached hydrogens (primary N) is 1. The molecule has 0 amide bonds. The quantitative estimate of drug-likeness (QED) is 0.520. The molecule has 1 aliphatic carbocycles. The van der Waals surface area contributed by atoms with Crippen molar-refractivity contribution in [2.24, 2.45) is 5.73 Å². The van der Waals surface area contributed by atoms with Crippen LogP contribution in [0.5, 0.6) is 0 Å². The lowest BCUT2D eigenvalue weighted by molar-refractivity contribution is 0.0392. The molecular formula is C20H33NO2S. The van der Waals surface area contributed by atoms with Gasteiger partial charge in [-0.05, 0) is 49.9 Å². The smallest absolute Gasteiger partial charge is 0.0718 e. The van der Waals surface area contributed by atoms with Crippen LogP contribution < -0.4 is 5.73 Å². The summed E-state index contributed by atoms with van der Waals surface area (Å²) in [5.74, 6) is 0. The van der Waals surface area contributed by atoms with E-state index in [1.807, 2.05) is 11.8 Å². The zero-order valence-corrected chi connectivity index (χ0v) is 15.7. The lowest BCUT2D eigenvalue weighted by Crippen LogP contribution is -2.05. The largest absolute Gasteiger partial charge is 0.379 e. The third kappa shape index (κ3) is 8.52. The predicted octanol–water partition coefficient (Wildman–Crippen LogP) is 4.77. The molecule has 0 bridgehead atoms. The summed E-state index contributed by atoms with van der Waals surface area (Å²) in [7, 11) is 0. The van der Waals surface area contributed by atoms with Crippen LogP contribution >= 0.6 is 11.8 Å². The standard InChI is InChI=1S/C20H33NO2S/c21-12-5-1-2-6-13-22-14-15-23-17-18-8-7-11-20(16-18)24-19-9-3-4-10-19/h7-8,11,16,19H,1-6,9-10,12-15,17,21H2. The molecule has 0 saturated heterocycles. The molecule has 1 aromatic carbocycles. The lowest BCUT2D eigenvalue weighted by atomic mass is 10.2. The molecule has 1 aromatic rings.